The van der Waals surface area contributed by atoms with E-state index in [1.807, 2.05) is 48.5 Å². The summed E-state index contributed by atoms with van der Waals surface area (Å²) in [6.45, 7) is 0.435. The fraction of sp³-hybridized carbons (Fsp3) is 0.158. The van der Waals surface area contributed by atoms with Gasteiger partial charge < -0.3 is 9.88 Å². The number of nitrogens with one attached hydrogen (secondary N) is 1. The normalized spacial score (nSPS) is 10.4. The number of pyridine rings is 1. The Kier molecular flexibility index (Phi) is 5.31. The third-order valence-electron chi connectivity index (χ3n) is 3.69. The Morgan fingerprint density at radius 1 is 1.04 bits per heavy atom. The molecular formula is C19H18N4O2. The molecule has 1 N–H and O–H groups in total. The maximum absolute atomic E-state index is 12.1. The summed E-state index contributed by atoms with van der Waals surface area (Å²) >= 11 is 0. The molecule has 0 aliphatic rings. The van der Waals surface area contributed by atoms with E-state index in [0.717, 1.165) is 11.3 Å². The number of aromatic nitrogens is 3. The summed E-state index contributed by atoms with van der Waals surface area (Å²) < 4.78 is 1.37. The van der Waals surface area contributed by atoms with E-state index in [1.54, 1.807) is 12.4 Å². The van der Waals surface area contributed by atoms with Gasteiger partial charge in [0.1, 0.15) is 6.54 Å². The van der Waals surface area contributed by atoms with Gasteiger partial charge in [-0.15, -0.1) is 0 Å². The molecule has 0 saturated heterocycles. The van der Waals surface area contributed by atoms with Crippen molar-refractivity contribution in [1.82, 2.24) is 19.9 Å². The lowest BCUT2D eigenvalue weighted by molar-refractivity contribution is -0.121. The van der Waals surface area contributed by atoms with Crippen LogP contribution in [0.4, 0.5) is 0 Å². The molecule has 2 aromatic heterocycles. The van der Waals surface area contributed by atoms with Crippen LogP contribution in [0.3, 0.4) is 0 Å². The van der Waals surface area contributed by atoms with Crippen molar-refractivity contribution in [3.05, 3.63) is 83.2 Å². The van der Waals surface area contributed by atoms with Crippen LogP contribution in [0, 0.1) is 0 Å². The van der Waals surface area contributed by atoms with Crippen molar-refractivity contribution in [2.75, 3.05) is 6.54 Å². The zero-order chi connectivity index (χ0) is 17.5. The average Bonchev–Trinajstić information content (AvgIpc) is 2.65. The number of amides is 1. The van der Waals surface area contributed by atoms with E-state index in [4.69, 9.17) is 0 Å². The molecule has 3 aromatic rings. The van der Waals surface area contributed by atoms with Crippen molar-refractivity contribution in [1.29, 1.82) is 0 Å². The molecule has 2 heterocycles. The summed E-state index contributed by atoms with van der Waals surface area (Å²) in [6, 6.07) is 15.2. The molecule has 25 heavy (non-hydrogen) atoms. The molecule has 0 bridgehead atoms. The highest BCUT2D eigenvalue weighted by molar-refractivity contribution is 5.75. The molecule has 0 radical (unpaired) electrons. The van der Waals surface area contributed by atoms with Crippen LogP contribution in [0.5, 0.6) is 0 Å². The number of rotatable bonds is 6. The summed E-state index contributed by atoms with van der Waals surface area (Å²) in [5.74, 6) is -0.219. The van der Waals surface area contributed by atoms with E-state index in [-0.39, 0.29) is 18.0 Å². The number of hydrogen-bond acceptors (Lipinski definition) is 4. The zero-order valence-electron chi connectivity index (χ0n) is 13.6. The standard InChI is InChI=1S/C19H18N4O2/c24-18(21-11-9-16-8-4-5-10-20-16)14-23-13-17(22-12-19(23)25)15-6-2-1-3-7-15/h1-8,10,12-13H,9,11,14H2,(H,21,24). The van der Waals surface area contributed by atoms with Crippen LogP contribution in [0.25, 0.3) is 11.3 Å². The van der Waals surface area contributed by atoms with Gasteiger partial charge in [-0.3, -0.25) is 14.6 Å². The topological polar surface area (TPSA) is 76.9 Å². The van der Waals surface area contributed by atoms with Crippen LogP contribution >= 0.6 is 0 Å². The molecule has 126 valence electrons. The van der Waals surface area contributed by atoms with Gasteiger partial charge in [-0.25, -0.2) is 4.98 Å². The minimum absolute atomic E-state index is 0.0383. The Morgan fingerprint density at radius 3 is 2.60 bits per heavy atom. The maximum Gasteiger partial charge on any atom is 0.269 e. The van der Waals surface area contributed by atoms with Gasteiger partial charge in [0.2, 0.25) is 5.91 Å². The second kappa shape index (κ2) is 8.01. The number of hydrogen-bond donors (Lipinski definition) is 1. The molecule has 3 rings (SSSR count). The minimum atomic E-state index is -0.306. The SMILES string of the molecule is O=C(Cn1cc(-c2ccccc2)ncc1=O)NCCc1ccccn1. The number of carbonyl (C=O) groups excluding carboxylic acids is 1. The highest BCUT2D eigenvalue weighted by atomic mass is 16.2. The first kappa shape index (κ1) is 16.6. The third-order valence-corrected chi connectivity index (χ3v) is 3.69. The summed E-state index contributed by atoms with van der Waals surface area (Å²) in [5.41, 5.74) is 2.16. The van der Waals surface area contributed by atoms with Crippen molar-refractivity contribution in [3.63, 3.8) is 0 Å². The highest BCUT2D eigenvalue weighted by Crippen LogP contribution is 2.13. The molecule has 0 spiro atoms. The van der Waals surface area contributed by atoms with Crippen LogP contribution in [0.2, 0.25) is 0 Å². The van der Waals surface area contributed by atoms with Gasteiger partial charge in [0, 0.05) is 36.6 Å². The molecule has 6 nitrogen and oxygen atoms in total. The van der Waals surface area contributed by atoms with Gasteiger partial charge in [-0.1, -0.05) is 36.4 Å². The summed E-state index contributed by atoms with van der Waals surface area (Å²) in [7, 11) is 0. The third kappa shape index (κ3) is 4.60. The molecule has 0 saturated carbocycles. The maximum atomic E-state index is 12.1. The van der Waals surface area contributed by atoms with E-state index in [2.05, 4.69) is 15.3 Å². The van der Waals surface area contributed by atoms with Gasteiger partial charge in [0.15, 0.2) is 0 Å². The van der Waals surface area contributed by atoms with Crippen molar-refractivity contribution in [3.8, 4) is 11.3 Å². The second-order valence-electron chi connectivity index (χ2n) is 5.53. The molecule has 0 unspecified atom stereocenters. The van der Waals surface area contributed by atoms with E-state index in [1.165, 1.54) is 10.8 Å². The fourth-order valence-electron chi connectivity index (χ4n) is 2.41. The second-order valence-corrected chi connectivity index (χ2v) is 5.53. The van der Waals surface area contributed by atoms with Crippen LogP contribution in [0.15, 0.2) is 71.9 Å². The molecule has 1 aromatic carbocycles. The Hall–Kier alpha value is -3.28. The fourth-order valence-corrected chi connectivity index (χ4v) is 2.41. The molecule has 6 heteroatoms. The van der Waals surface area contributed by atoms with Crippen molar-refractivity contribution in [2.45, 2.75) is 13.0 Å². The summed E-state index contributed by atoms with van der Waals surface area (Å²) in [5, 5.41) is 2.81. The van der Waals surface area contributed by atoms with Gasteiger partial charge in [0.25, 0.3) is 5.56 Å². The Morgan fingerprint density at radius 2 is 1.84 bits per heavy atom. The molecule has 0 aliphatic carbocycles. The molecule has 1 amide bonds. The first-order chi connectivity index (χ1) is 12.2. The monoisotopic (exact) mass is 334 g/mol. The zero-order valence-corrected chi connectivity index (χ0v) is 13.6. The van der Waals surface area contributed by atoms with Crippen LogP contribution in [0.1, 0.15) is 5.69 Å². The number of nitrogens with zero attached hydrogens (tertiary/aromatic N) is 3. The highest BCUT2D eigenvalue weighted by Gasteiger charge is 2.07. The van der Waals surface area contributed by atoms with Gasteiger partial charge in [-0.2, -0.15) is 0 Å². The minimum Gasteiger partial charge on any atom is -0.354 e. The molecule has 0 atom stereocenters. The van der Waals surface area contributed by atoms with Crippen molar-refractivity contribution < 1.29 is 4.79 Å². The largest absolute Gasteiger partial charge is 0.354 e. The van der Waals surface area contributed by atoms with E-state index in [0.29, 0.717) is 18.7 Å². The number of carbonyl (C=O) groups is 1. The average molecular weight is 334 g/mol. The smallest absolute Gasteiger partial charge is 0.269 e. The lowest BCUT2D eigenvalue weighted by Crippen LogP contribution is -2.33. The summed E-state index contributed by atoms with van der Waals surface area (Å²) in [6.07, 6.45) is 5.21. The van der Waals surface area contributed by atoms with Gasteiger partial charge in [-0.05, 0) is 12.1 Å². The van der Waals surface area contributed by atoms with Crippen LogP contribution in [-0.2, 0) is 17.8 Å². The number of benzene rings is 1. The van der Waals surface area contributed by atoms with Crippen molar-refractivity contribution in [2.24, 2.45) is 0 Å². The molecule has 0 aliphatic heterocycles. The first-order valence-corrected chi connectivity index (χ1v) is 8.01. The molecule has 0 fully saturated rings. The predicted molar refractivity (Wildman–Crippen MR) is 94.9 cm³/mol. The first-order valence-electron chi connectivity index (χ1n) is 8.01. The van der Waals surface area contributed by atoms with E-state index >= 15 is 0 Å². The van der Waals surface area contributed by atoms with E-state index < -0.39 is 0 Å². The Bertz CT molecular complexity index is 892. The van der Waals surface area contributed by atoms with Crippen LogP contribution < -0.4 is 10.9 Å². The summed E-state index contributed by atoms with van der Waals surface area (Å²) in [4.78, 5) is 32.4. The van der Waals surface area contributed by atoms with E-state index in [9.17, 15) is 9.59 Å². The lowest BCUT2D eigenvalue weighted by atomic mass is 10.2. The van der Waals surface area contributed by atoms with Crippen molar-refractivity contribution >= 4 is 5.91 Å². The van der Waals surface area contributed by atoms with Gasteiger partial charge in [0.05, 0.1) is 11.9 Å². The Balaban J connectivity index is 1.62. The van der Waals surface area contributed by atoms with Crippen LogP contribution in [-0.4, -0.2) is 27.0 Å². The van der Waals surface area contributed by atoms with Gasteiger partial charge >= 0.3 is 0 Å². The Labute approximate surface area is 145 Å². The molecular weight excluding hydrogens is 316 g/mol. The lowest BCUT2D eigenvalue weighted by Gasteiger charge is -2.09. The quantitative estimate of drug-likeness (QED) is 0.744. The predicted octanol–water partition coefficient (Wildman–Crippen LogP) is 1.66.